The van der Waals surface area contributed by atoms with Crippen LogP contribution in [0.4, 0.5) is 0 Å². The Hall–Kier alpha value is -0.773. The van der Waals surface area contributed by atoms with Gasteiger partial charge in [0.2, 0.25) is 5.88 Å². The van der Waals surface area contributed by atoms with Gasteiger partial charge in [-0.05, 0) is 6.04 Å². The van der Waals surface area contributed by atoms with E-state index in [-0.39, 0.29) is 0 Å². The highest BCUT2D eigenvalue weighted by Gasteiger charge is 2.12. The Bertz CT molecular complexity index is 265. The van der Waals surface area contributed by atoms with Gasteiger partial charge in [-0.15, -0.1) is 5.10 Å². The fraction of sp³-hybridized carbons (Fsp3) is 0.667. The fourth-order valence-electron chi connectivity index (χ4n) is 0.933. The van der Waals surface area contributed by atoms with Crippen molar-refractivity contribution in [3.05, 3.63) is 12.3 Å². The lowest BCUT2D eigenvalue weighted by Gasteiger charge is -2.14. The molecule has 0 saturated carbocycles. The third-order valence-corrected chi connectivity index (χ3v) is 3.50. The zero-order valence-electron chi connectivity index (χ0n) is 8.87. The summed E-state index contributed by atoms with van der Waals surface area (Å²) in [5.74, 6) is 0.737. The van der Waals surface area contributed by atoms with Gasteiger partial charge in [-0.25, -0.2) is 0 Å². The standard InChI is InChI=1S/C9H18N2OSi/c1-11-6-5-9(10-11)12-7-8-13(2,3)4/h5-6H,7-8H2,1-4H3. The molecule has 0 bridgehead atoms. The van der Waals surface area contributed by atoms with E-state index in [1.54, 1.807) is 4.68 Å². The van der Waals surface area contributed by atoms with E-state index in [1.807, 2.05) is 19.3 Å². The Morgan fingerprint density at radius 2 is 2.15 bits per heavy atom. The van der Waals surface area contributed by atoms with E-state index < -0.39 is 8.07 Å². The summed E-state index contributed by atoms with van der Waals surface area (Å²) in [4.78, 5) is 0. The highest BCUT2D eigenvalue weighted by molar-refractivity contribution is 6.76. The van der Waals surface area contributed by atoms with Crippen LogP contribution in [0.2, 0.25) is 25.7 Å². The molecule has 0 amide bonds. The maximum atomic E-state index is 5.51. The van der Waals surface area contributed by atoms with Crippen molar-refractivity contribution < 1.29 is 4.74 Å². The molecule has 1 aromatic rings. The quantitative estimate of drug-likeness (QED) is 0.693. The minimum Gasteiger partial charge on any atom is -0.477 e. The van der Waals surface area contributed by atoms with E-state index in [0.717, 1.165) is 12.5 Å². The highest BCUT2D eigenvalue weighted by atomic mass is 28.3. The summed E-state index contributed by atoms with van der Waals surface area (Å²) in [5, 5.41) is 4.14. The molecular weight excluding hydrogens is 180 g/mol. The lowest BCUT2D eigenvalue weighted by atomic mass is 10.7. The van der Waals surface area contributed by atoms with E-state index in [4.69, 9.17) is 4.74 Å². The normalized spacial score (nSPS) is 11.7. The van der Waals surface area contributed by atoms with Gasteiger partial charge in [-0.2, -0.15) is 0 Å². The molecule has 0 aromatic carbocycles. The first-order valence-electron chi connectivity index (χ1n) is 4.60. The van der Waals surface area contributed by atoms with Crippen LogP contribution < -0.4 is 4.74 Å². The second kappa shape index (κ2) is 3.96. The predicted octanol–water partition coefficient (Wildman–Crippen LogP) is 2.14. The lowest BCUT2D eigenvalue weighted by molar-refractivity contribution is 0.321. The minimum absolute atomic E-state index is 0.737. The molecule has 3 nitrogen and oxygen atoms in total. The highest BCUT2D eigenvalue weighted by Crippen LogP contribution is 2.10. The lowest BCUT2D eigenvalue weighted by Crippen LogP contribution is -2.22. The number of nitrogens with zero attached hydrogens (tertiary/aromatic N) is 2. The fourth-order valence-corrected chi connectivity index (χ4v) is 1.65. The van der Waals surface area contributed by atoms with E-state index in [2.05, 4.69) is 24.7 Å². The molecule has 0 N–H and O–H groups in total. The predicted molar refractivity (Wildman–Crippen MR) is 56.9 cm³/mol. The molecule has 0 saturated heterocycles. The number of hydrogen-bond donors (Lipinski definition) is 0. The van der Waals surface area contributed by atoms with Crippen molar-refractivity contribution in [1.29, 1.82) is 0 Å². The summed E-state index contributed by atoms with van der Waals surface area (Å²) in [6, 6.07) is 3.08. The molecule has 0 unspecified atom stereocenters. The summed E-state index contributed by atoms with van der Waals surface area (Å²) in [6.07, 6.45) is 1.89. The van der Waals surface area contributed by atoms with Crippen LogP contribution in [0, 0.1) is 0 Å². The second-order valence-corrected chi connectivity index (χ2v) is 10.1. The molecule has 0 fully saturated rings. The van der Waals surface area contributed by atoms with Crippen LogP contribution in [0.15, 0.2) is 12.3 Å². The van der Waals surface area contributed by atoms with Crippen LogP contribution in [0.1, 0.15) is 0 Å². The molecule has 0 spiro atoms. The summed E-state index contributed by atoms with van der Waals surface area (Å²) in [7, 11) is 0.930. The average Bonchev–Trinajstić information content (AvgIpc) is 2.33. The first kappa shape index (κ1) is 10.3. The first-order chi connectivity index (χ1) is 5.97. The van der Waals surface area contributed by atoms with Crippen LogP contribution >= 0.6 is 0 Å². The van der Waals surface area contributed by atoms with Gasteiger partial charge in [0.15, 0.2) is 0 Å². The van der Waals surface area contributed by atoms with E-state index in [9.17, 15) is 0 Å². The van der Waals surface area contributed by atoms with Crippen LogP contribution in [-0.2, 0) is 7.05 Å². The number of aromatic nitrogens is 2. The number of hydrogen-bond acceptors (Lipinski definition) is 2. The van der Waals surface area contributed by atoms with Crippen LogP contribution in [0.3, 0.4) is 0 Å². The molecular formula is C9H18N2OSi. The number of aryl methyl sites for hydroxylation is 1. The zero-order chi connectivity index (χ0) is 9.90. The Morgan fingerprint density at radius 1 is 1.46 bits per heavy atom. The van der Waals surface area contributed by atoms with Crippen LogP contribution in [0.25, 0.3) is 0 Å². The van der Waals surface area contributed by atoms with Gasteiger partial charge < -0.3 is 4.74 Å². The van der Waals surface area contributed by atoms with Crippen molar-refractivity contribution >= 4 is 8.07 Å². The Labute approximate surface area is 80.7 Å². The molecule has 74 valence electrons. The van der Waals surface area contributed by atoms with Crippen molar-refractivity contribution in [2.45, 2.75) is 25.7 Å². The van der Waals surface area contributed by atoms with Gasteiger partial charge >= 0.3 is 0 Å². The number of ether oxygens (including phenoxy) is 1. The van der Waals surface area contributed by atoms with Gasteiger partial charge in [0.05, 0.1) is 6.61 Å². The van der Waals surface area contributed by atoms with Gasteiger partial charge in [-0.3, -0.25) is 4.68 Å². The maximum Gasteiger partial charge on any atom is 0.232 e. The molecule has 0 aliphatic carbocycles. The molecule has 1 rings (SSSR count). The summed E-state index contributed by atoms with van der Waals surface area (Å²) < 4.78 is 7.26. The third kappa shape index (κ3) is 4.12. The van der Waals surface area contributed by atoms with Crippen molar-refractivity contribution in [1.82, 2.24) is 9.78 Å². The Balaban J connectivity index is 2.28. The van der Waals surface area contributed by atoms with E-state index in [0.29, 0.717) is 0 Å². The largest absolute Gasteiger partial charge is 0.477 e. The third-order valence-electron chi connectivity index (χ3n) is 1.79. The van der Waals surface area contributed by atoms with Gasteiger partial charge in [-0.1, -0.05) is 19.6 Å². The SMILES string of the molecule is Cn1ccc(OCC[Si](C)(C)C)n1. The van der Waals surface area contributed by atoms with Crippen LogP contribution in [0.5, 0.6) is 5.88 Å². The second-order valence-electron chi connectivity index (χ2n) is 4.49. The summed E-state index contributed by atoms with van der Waals surface area (Å²) in [6.45, 7) is 7.82. The molecule has 1 aromatic heterocycles. The molecule has 0 aliphatic rings. The van der Waals surface area contributed by atoms with E-state index in [1.165, 1.54) is 6.04 Å². The smallest absolute Gasteiger partial charge is 0.232 e. The van der Waals surface area contributed by atoms with E-state index >= 15 is 0 Å². The minimum atomic E-state index is -0.964. The Morgan fingerprint density at radius 3 is 2.62 bits per heavy atom. The zero-order valence-corrected chi connectivity index (χ0v) is 9.87. The number of rotatable bonds is 4. The van der Waals surface area contributed by atoms with Crippen molar-refractivity contribution in [2.75, 3.05) is 6.61 Å². The monoisotopic (exact) mass is 198 g/mol. The first-order valence-corrected chi connectivity index (χ1v) is 8.30. The molecule has 0 atom stereocenters. The van der Waals surface area contributed by atoms with Gasteiger partial charge in [0.1, 0.15) is 0 Å². The van der Waals surface area contributed by atoms with Gasteiger partial charge in [0.25, 0.3) is 0 Å². The molecule has 1 heterocycles. The average molecular weight is 198 g/mol. The van der Waals surface area contributed by atoms with Crippen molar-refractivity contribution in [2.24, 2.45) is 7.05 Å². The molecule has 0 radical (unpaired) electrons. The molecule has 4 heteroatoms. The van der Waals surface area contributed by atoms with Crippen LogP contribution in [-0.4, -0.2) is 24.5 Å². The summed E-state index contributed by atoms with van der Waals surface area (Å²) >= 11 is 0. The maximum absolute atomic E-state index is 5.51. The topological polar surface area (TPSA) is 27.1 Å². The Kier molecular flexibility index (Phi) is 3.14. The van der Waals surface area contributed by atoms with Gasteiger partial charge in [0, 0.05) is 27.4 Å². The molecule has 0 aliphatic heterocycles. The van der Waals surface area contributed by atoms with Crippen molar-refractivity contribution in [3.8, 4) is 5.88 Å². The summed E-state index contributed by atoms with van der Waals surface area (Å²) in [5.41, 5.74) is 0. The molecule has 13 heavy (non-hydrogen) atoms. The van der Waals surface area contributed by atoms with Crippen molar-refractivity contribution in [3.63, 3.8) is 0 Å².